The van der Waals surface area contributed by atoms with Crippen molar-refractivity contribution in [2.75, 3.05) is 13.7 Å². The number of carboxylic acid groups (broad SMARTS) is 1. The first kappa shape index (κ1) is 21.7. The summed E-state index contributed by atoms with van der Waals surface area (Å²) in [4.78, 5) is 12.4. The smallest absolute Gasteiger partial charge is 0.340 e. The zero-order valence-electron chi connectivity index (χ0n) is 18.3. The predicted molar refractivity (Wildman–Crippen MR) is 109 cm³/mol. The molecule has 0 fully saturated rings. The molecule has 27 heavy (non-hydrogen) atoms. The van der Waals surface area contributed by atoms with E-state index in [-0.39, 0.29) is 11.3 Å². The van der Waals surface area contributed by atoms with Crippen molar-refractivity contribution in [3.05, 3.63) is 27.8 Å². The molecule has 2 rings (SSSR count). The van der Waals surface area contributed by atoms with Crippen LogP contribution < -0.4 is 4.74 Å². The van der Waals surface area contributed by atoms with Crippen LogP contribution >= 0.6 is 0 Å². The van der Waals surface area contributed by atoms with Crippen molar-refractivity contribution >= 4 is 5.97 Å². The maximum atomic E-state index is 12.4. The average Bonchev–Trinajstić information content (AvgIpc) is 2.59. The van der Waals surface area contributed by atoms with Gasteiger partial charge in [-0.25, -0.2) is 4.79 Å². The molecule has 0 saturated carbocycles. The molecule has 1 heterocycles. The Morgan fingerprint density at radius 1 is 1.22 bits per heavy atom. The van der Waals surface area contributed by atoms with Crippen LogP contribution in [0.5, 0.6) is 5.75 Å². The van der Waals surface area contributed by atoms with E-state index in [1.165, 1.54) is 18.2 Å². The molecule has 0 radical (unpaired) electrons. The summed E-state index contributed by atoms with van der Waals surface area (Å²) < 4.78 is 11.9. The summed E-state index contributed by atoms with van der Waals surface area (Å²) in [6, 6.07) is 0. The molecule has 1 aromatic rings. The lowest BCUT2D eigenvalue weighted by molar-refractivity contribution is -0.161. The lowest BCUT2D eigenvalue weighted by atomic mass is 9.69. The third kappa shape index (κ3) is 3.73. The van der Waals surface area contributed by atoms with Gasteiger partial charge in [-0.3, -0.25) is 0 Å². The third-order valence-corrected chi connectivity index (χ3v) is 5.63. The van der Waals surface area contributed by atoms with Gasteiger partial charge in [0.05, 0.1) is 6.61 Å². The zero-order chi connectivity index (χ0) is 20.6. The van der Waals surface area contributed by atoms with Crippen LogP contribution in [0.2, 0.25) is 0 Å². The van der Waals surface area contributed by atoms with Crippen molar-refractivity contribution in [1.29, 1.82) is 0 Å². The van der Waals surface area contributed by atoms with E-state index in [2.05, 4.69) is 41.5 Å². The van der Waals surface area contributed by atoms with Crippen LogP contribution in [0.25, 0.3) is 0 Å². The molecule has 4 heteroatoms. The number of methoxy groups -OCH3 is 1. The fourth-order valence-electron chi connectivity index (χ4n) is 4.45. The highest BCUT2D eigenvalue weighted by Gasteiger charge is 2.44. The van der Waals surface area contributed by atoms with Gasteiger partial charge in [-0.2, -0.15) is 0 Å². The fraction of sp³-hybridized carbons (Fsp3) is 0.696. The van der Waals surface area contributed by atoms with Crippen molar-refractivity contribution in [3.63, 3.8) is 0 Å². The first-order valence-corrected chi connectivity index (χ1v) is 10.1. The topological polar surface area (TPSA) is 55.8 Å². The number of hydrogen-bond acceptors (Lipinski definition) is 3. The Morgan fingerprint density at radius 3 is 2.30 bits per heavy atom. The molecule has 4 nitrogen and oxygen atoms in total. The number of aliphatic carboxylic acids is 1. The van der Waals surface area contributed by atoms with Gasteiger partial charge < -0.3 is 14.6 Å². The van der Waals surface area contributed by atoms with E-state index in [4.69, 9.17) is 9.47 Å². The van der Waals surface area contributed by atoms with E-state index in [0.29, 0.717) is 0 Å². The maximum Gasteiger partial charge on any atom is 0.340 e. The van der Waals surface area contributed by atoms with Gasteiger partial charge in [0.25, 0.3) is 0 Å². The van der Waals surface area contributed by atoms with Crippen LogP contribution in [-0.2, 0) is 33.4 Å². The zero-order valence-corrected chi connectivity index (χ0v) is 18.3. The van der Waals surface area contributed by atoms with Crippen molar-refractivity contribution in [3.8, 4) is 5.75 Å². The van der Waals surface area contributed by atoms with Crippen LogP contribution in [0.4, 0.5) is 0 Å². The summed E-state index contributed by atoms with van der Waals surface area (Å²) in [7, 11) is 1.50. The quantitative estimate of drug-likeness (QED) is 0.729. The van der Waals surface area contributed by atoms with Crippen LogP contribution in [-0.4, -0.2) is 24.8 Å². The number of rotatable bonds is 6. The summed E-state index contributed by atoms with van der Waals surface area (Å²) in [5, 5.41) is 10.2. The van der Waals surface area contributed by atoms with E-state index in [0.717, 1.165) is 54.7 Å². The Hall–Kier alpha value is -1.55. The largest absolute Gasteiger partial charge is 0.493 e. The maximum absolute atomic E-state index is 12.4. The molecular weight excluding hydrogens is 340 g/mol. The fourth-order valence-corrected chi connectivity index (χ4v) is 4.45. The molecular formula is C23H36O4. The summed E-state index contributed by atoms with van der Waals surface area (Å²) in [6.07, 6.45) is 3.75. The van der Waals surface area contributed by atoms with E-state index in [1.807, 2.05) is 0 Å². The van der Waals surface area contributed by atoms with E-state index in [1.54, 1.807) is 6.92 Å². The molecule has 1 N–H and O–H groups in total. The summed E-state index contributed by atoms with van der Waals surface area (Å²) in [5.41, 5.74) is 3.76. The Balaban J connectivity index is 3.11. The van der Waals surface area contributed by atoms with E-state index < -0.39 is 11.6 Å². The second kappa shape index (κ2) is 7.83. The van der Waals surface area contributed by atoms with Gasteiger partial charge in [0, 0.05) is 12.7 Å². The minimum absolute atomic E-state index is 0.182. The Bertz CT molecular complexity index is 712. The molecule has 152 valence electrons. The lowest BCUT2D eigenvalue weighted by Gasteiger charge is -2.39. The number of carboxylic acids is 1. The third-order valence-electron chi connectivity index (χ3n) is 5.63. The van der Waals surface area contributed by atoms with Crippen LogP contribution in [0, 0.1) is 0 Å². The number of fused-ring (bicyclic) bond motifs is 1. The molecule has 1 atom stereocenters. The number of carbonyl (C=O) groups is 1. The van der Waals surface area contributed by atoms with E-state index in [9.17, 15) is 9.90 Å². The van der Waals surface area contributed by atoms with Crippen molar-refractivity contribution in [2.24, 2.45) is 0 Å². The highest BCUT2D eigenvalue weighted by Crippen LogP contribution is 2.49. The Labute approximate surface area is 164 Å². The van der Waals surface area contributed by atoms with Crippen LogP contribution in [0.3, 0.4) is 0 Å². The highest BCUT2D eigenvalue weighted by atomic mass is 16.5. The summed E-state index contributed by atoms with van der Waals surface area (Å²) >= 11 is 0. The second-order valence-electron chi connectivity index (χ2n) is 9.10. The molecule has 1 unspecified atom stereocenters. The molecule has 0 aromatic heterocycles. The molecule has 1 aliphatic rings. The first-order chi connectivity index (χ1) is 12.5. The predicted octanol–water partition coefficient (Wildman–Crippen LogP) is 5.33. The number of hydrogen-bond donors (Lipinski definition) is 1. The highest BCUT2D eigenvalue weighted by molar-refractivity contribution is 5.82. The van der Waals surface area contributed by atoms with Gasteiger partial charge in [0.15, 0.2) is 5.60 Å². The average molecular weight is 377 g/mol. The monoisotopic (exact) mass is 376 g/mol. The van der Waals surface area contributed by atoms with Gasteiger partial charge in [0.1, 0.15) is 5.75 Å². The first-order valence-electron chi connectivity index (χ1n) is 10.1. The van der Waals surface area contributed by atoms with Gasteiger partial charge in [-0.05, 0) is 59.8 Å². The summed E-state index contributed by atoms with van der Waals surface area (Å²) in [6.45, 7) is 15.3. The molecule has 0 amide bonds. The molecule has 0 bridgehead atoms. The standard InChI is InChI=1S/C23H36O4/c1-9-11-16-18(22(4,5)6)19(23(7,26-8)21(24)25)17(14(2)3)15-12-10-13-27-20(15)16/h14H,9-13H2,1-8H3,(H,24,25). The minimum Gasteiger partial charge on any atom is -0.493 e. The van der Waals surface area contributed by atoms with E-state index >= 15 is 0 Å². The number of benzene rings is 1. The lowest BCUT2D eigenvalue weighted by Crippen LogP contribution is -2.40. The van der Waals surface area contributed by atoms with Crippen molar-refractivity contribution in [1.82, 2.24) is 0 Å². The number of ether oxygens (including phenoxy) is 2. The Kier molecular flexibility index (Phi) is 6.30. The molecule has 0 aliphatic carbocycles. The van der Waals surface area contributed by atoms with Crippen molar-refractivity contribution < 1.29 is 19.4 Å². The van der Waals surface area contributed by atoms with Gasteiger partial charge in [-0.15, -0.1) is 0 Å². The molecule has 1 aromatic carbocycles. The van der Waals surface area contributed by atoms with Gasteiger partial charge in [-0.1, -0.05) is 48.0 Å². The van der Waals surface area contributed by atoms with Gasteiger partial charge >= 0.3 is 5.97 Å². The Morgan fingerprint density at radius 2 is 1.85 bits per heavy atom. The molecule has 0 spiro atoms. The van der Waals surface area contributed by atoms with Crippen LogP contribution in [0.1, 0.15) is 95.0 Å². The normalized spacial score (nSPS) is 16.6. The van der Waals surface area contributed by atoms with Crippen LogP contribution in [0.15, 0.2) is 0 Å². The minimum atomic E-state index is -1.39. The molecule has 0 saturated heterocycles. The van der Waals surface area contributed by atoms with Gasteiger partial charge in [0.2, 0.25) is 0 Å². The summed E-state index contributed by atoms with van der Waals surface area (Å²) in [5.74, 6) is 0.238. The SMILES string of the molecule is CCCc1c2c(c(C(C)C)c(C(C)(OC)C(=O)O)c1C(C)(C)C)CCCO2. The second-order valence-corrected chi connectivity index (χ2v) is 9.10. The molecule has 1 aliphatic heterocycles. The van der Waals surface area contributed by atoms with Crippen molar-refractivity contribution in [2.45, 2.75) is 91.1 Å².